The molecule has 5 rings (SSSR count). The first kappa shape index (κ1) is 20.8. The van der Waals surface area contributed by atoms with Crippen LogP contribution in [0, 0.1) is 0 Å². The number of nitrogens with zero attached hydrogens (tertiary/aromatic N) is 1. The standard InChI is InChI=1S/C25H18BrNO4S/c1-30-17-8-6-16(7-9-17)27-22(14-3-10-18(32-2)11-4-14)21-23(28)19-13-15(26)5-12-20(19)31-24(21)25(27)29/h3-13,22H,1-2H3. The number of methoxy groups -OCH3 is 1. The van der Waals surface area contributed by atoms with Gasteiger partial charge in [-0.25, -0.2) is 0 Å². The second-order valence-electron chi connectivity index (χ2n) is 7.36. The van der Waals surface area contributed by atoms with Crippen LogP contribution in [0.25, 0.3) is 11.0 Å². The summed E-state index contributed by atoms with van der Waals surface area (Å²) in [6.45, 7) is 0. The number of halogens is 1. The van der Waals surface area contributed by atoms with Crippen molar-refractivity contribution in [2.45, 2.75) is 10.9 Å². The summed E-state index contributed by atoms with van der Waals surface area (Å²) < 4.78 is 12.0. The Bertz CT molecular complexity index is 1400. The molecule has 5 nitrogen and oxygen atoms in total. The monoisotopic (exact) mass is 507 g/mol. The molecule has 0 aliphatic carbocycles. The van der Waals surface area contributed by atoms with Crippen LogP contribution in [-0.2, 0) is 0 Å². The Morgan fingerprint density at radius 3 is 2.38 bits per heavy atom. The zero-order valence-electron chi connectivity index (χ0n) is 17.3. The number of ether oxygens (including phenoxy) is 1. The summed E-state index contributed by atoms with van der Waals surface area (Å²) in [5.41, 5.74) is 2.04. The fraction of sp³-hybridized carbons (Fsp3) is 0.120. The van der Waals surface area contributed by atoms with E-state index < -0.39 is 6.04 Å². The highest BCUT2D eigenvalue weighted by Crippen LogP contribution is 2.42. The van der Waals surface area contributed by atoms with Crippen molar-refractivity contribution >= 4 is 50.3 Å². The topological polar surface area (TPSA) is 59.8 Å². The van der Waals surface area contributed by atoms with Gasteiger partial charge in [0.15, 0.2) is 5.43 Å². The van der Waals surface area contributed by atoms with E-state index >= 15 is 0 Å². The zero-order valence-corrected chi connectivity index (χ0v) is 19.7. The normalized spacial score (nSPS) is 15.3. The van der Waals surface area contributed by atoms with Crippen LogP contribution in [0.3, 0.4) is 0 Å². The predicted molar refractivity (Wildman–Crippen MR) is 130 cm³/mol. The van der Waals surface area contributed by atoms with Crippen LogP contribution in [0.5, 0.6) is 5.75 Å². The maximum atomic E-state index is 13.6. The molecule has 1 amide bonds. The largest absolute Gasteiger partial charge is 0.497 e. The van der Waals surface area contributed by atoms with Gasteiger partial charge in [-0.1, -0.05) is 28.1 Å². The van der Waals surface area contributed by atoms with Crippen molar-refractivity contribution in [3.63, 3.8) is 0 Å². The smallest absolute Gasteiger partial charge is 0.295 e. The molecule has 0 spiro atoms. The minimum atomic E-state index is -0.596. The van der Waals surface area contributed by atoms with E-state index in [4.69, 9.17) is 9.15 Å². The molecule has 1 aromatic heterocycles. The average Bonchev–Trinajstić information content (AvgIpc) is 3.12. The number of hydrogen-bond donors (Lipinski definition) is 0. The van der Waals surface area contributed by atoms with Crippen molar-refractivity contribution in [1.82, 2.24) is 0 Å². The maximum Gasteiger partial charge on any atom is 0.295 e. The highest BCUT2D eigenvalue weighted by Gasteiger charge is 2.43. The second-order valence-corrected chi connectivity index (χ2v) is 9.16. The van der Waals surface area contributed by atoms with Gasteiger partial charge < -0.3 is 9.15 Å². The fourth-order valence-corrected chi connectivity index (χ4v) is 4.83. The van der Waals surface area contributed by atoms with E-state index in [9.17, 15) is 9.59 Å². The third-order valence-electron chi connectivity index (χ3n) is 5.61. The Balaban J connectivity index is 1.77. The van der Waals surface area contributed by atoms with Crippen molar-refractivity contribution < 1.29 is 13.9 Å². The van der Waals surface area contributed by atoms with Crippen molar-refractivity contribution in [3.05, 3.63) is 98.3 Å². The SMILES string of the molecule is COc1ccc(N2C(=O)c3oc4ccc(Br)cc4c(=O)c3C2c2ccc(SC)cc2)cc1. The highest BCUT2D eigenvalue weighted by atomic mass is 79.9. The molecule has 0 saturated heterocycles. The molecule has 3 aromatic carbocycles. The summed E-state index contributed by atoms with van der Waals surface area (Å²) >= 11 is 5.06. The summed E-state index contributed by atoms with van der Waals surface area (Å²) in [4.78, 5) is 29.9. The first-order valence-electron chi connectivity index (χ1n) is 9.89. The molecule has 0 bridgehead atoms. The molecule has 160 valence electrons. The Kier molecular flexibility index (Phi) is 5.31. The van der Waals surface area contributed by atoms with Crippen LogP contribution in [0.1, 0.15) is 27.7 Å². The number of anilines is 1. The number of benzene rings is 3. The molecule has 0 saturated carbocycles. The minimum Gasteiger partial charge on any atom is -0.497 e. The summed E-state index contributed by atoms with van der Waals surface area (Å²) in [7, 11) is 1.59. The molecule has 1 aliphatic rings. The molecule has 0 fully saturated rings. The van der Waals surface area contributed by atoms with E-state index in [1.807, 2.05) is 42.7 Å². The van der Waals surface area contributed by atoms with Gasteiger partial charge in [0.2, 0.25) is 5.76 Å². The Labute approximate surface area is 197 Å². The van der Waals surface area contributed by atoms with Crippen LogP contribution in [-0.4, -0.2) is 19.3 Å². The van der Waals surface area contributed by atoms with E-state index in [1.165, 1.54) is 0 Å². The summed E-state index contributed by atoms with van der Waals surface area (Å²) in [5.74, 6) is 0.425. The van der Waals surface area contributed by atoms with Gasteiger partial charge in [0.05, 0.1) is 24.1 Å². The molecule has 0 radical (unpaired) electrons. The van der Waals surface area contributed by atoms with Crippen LogP contribution in [0.2, 0.25) is 0 Å². The van der Waals surface area contributed by atoms with Crippen molar-refractivity contribution in [3.8, 4) is 5.75 Å². The Morgan fingerprint density at radius 1 is 1.00 bits per heavy atom. The van der Waals surface area contributed by atoms with Gasteiger partial charge in [0.1, 0.15) is 11.3 Å². The molecule has 1 atom stereocenters. The van der Waals surface area contributed by atoms with Gasteiger partial charge in [0.25, 0.3) is 5.91 Å². The van der Waals surface area contributed by atoms with E-state index in [1.54, 1.807) is 54.1 Å². The number of hydrogen-bond acceptors (Lipinski definition) is 5. The quantitative estimate of drug-likeness (QED) is 0.315. The van der Waals surface area contributed by atoms with Crippen molar-refractivity contribution in [2.24, 2.45) is 0 Å². The molecular weight excluding hydrogens is 490 g/mol. The fourth-order valence-electron chi connectivity index (χ4n) is 4.06. The molecule has 1 unspecified atom stereocenters. The van der Waals surface area contributed by atoms with E-state index in [-0.39, 0.29) is 17.1 Å². The summed E-state index contributed by atoms with van der Waals surface area (Å²) in [6.07, 6.45) is 2.01. The third-order valence-corrected chi connectivity index (χ3v) is 6.85. The van der Waals surface area contributed by atoms with Crippen LogP contribution < -0.4 is 15.1 Å². The Morgan fingerprint density at radius 2 is 1.72 bits per heavy atom. The number of carbonyl (C=O) groups excluding carboxylic acids is 1. The lowest BCUT2D eigenvalue weighted by atomic mass is 9.98. The predicted octanol–water partition coefficient (Wildman–Crippen LogP) is 6.04. The first-order valence-corrected chi connectivity index (χ1v) is 11.9. The Hall–Kier alpha value is -3.03. The van der Waals surface area contributed by atoms with Gasteiger partial charge in [0, 0.05) is 15.1 Å². The lowest BCUT2D eigenvalue weighted by molar-refractivity contribution is 0.0971. The van der Waals surface area contributed by atoms with Gasteiger partial charge >= 0.3 is 0 Å². The lowest BCUT2D eigenvalue weighted by Crippen LogP contribution is -2.29. The van der Waals surface area contributed by atoms with Crippen molar-refractivity contribution in [2.75, 3.05) is 18.3 Å². The lowest BCUT2D eigenvalue weighted by Gasteiger charge is -2.25. The summed E-state index contributed by atoms with van der Waals surface area (Å²) in [5, 5.41) is 0.438. The molecule has 0 N–H and O–H groups in total. The first-order chi connectivity index (χ1) is 15.5. The highest BCUT2D eigenvalue weighted by molar-refractivity contribution is 9.10. The van der Waals surface area contributed by atoms with E-state index in [2.05, 4.69) is 15.9 Å². The minimum absolute atomic E-state index is 0.0829. The van der Waals surface area contributed by atoms with Crippen LogP contribution >= 0.6 is 27.7 Å². The molecule has 7 heteroatoms. The third kappa shape index (κ3) is 3.32. The number of thioether (sulfide) groups is 1. The number of amides is 1. The maximum absolute atomic E-state index is 13.6. The van der Waals surface area contributed by atoms with Crippen molar-refractivity contribution in [1.29, 1.82) is 0 Å². The van der Waals surface area contributed by atoms with Crippen LogP contribution in [0.15, 0.2) is 85.3 Å². The molecule has 2 heterocycles. The number of rotatable bonds is 4. The van der Waals surface area contributed by atoms with Gasteiger partial charge in [-0.2, -0.15) is 0 Å². The van der Waals surface area contributed by atoms with E-state index in [0.29, 0.717) is 28.0 Å². The second kappa shape index (κ2) is 8.15. The van der Waals surface area contributed by atoms with E-state index in [0.717, 1.165) is 14.9 Å². The van der Waals surface area contributed by atoms with Gasteiger partial charge in [-0.05, 0) is 66.4 Å². The van der Waals surface area contributed by atoms with Gasteiger partial charge in [-0.15, -0.1) is 11.8 Å². The molecule has 32 heavy (non-hydrogen) atoms. The van der Waals surface area contributed by atoms with Crippen LogP contribution in [0.4, 0.5) is 5.69 Å². The number of carbonyl (C=O) groups is 1. The molecular formula is C25H18BrNO4S. The van der Waals surface area contributed by atoms with Gasteiger partial charge in [-0.3, -0.25) is 14.5 Å². The number of fused-ring (bicyclic) bond motifs is 2. The average molecular weight is 508 g/mol. The molecule has 1 aliphatic heterocycles. The zero-order chi connectivity index (χ0) is 22.4. The molecule has 4 aromatic rings. The summed E-state index contributed by atoms with van der Waals surface area (Å²) in [6, 6.07) is 19.7.